The number of benzene rings is 2. The van der Waals surface area contributed by atoms with E-state index >= 15 is 0 Å². The zero-order valence-electron chi connectivity index (χ0n) is 23.6. The quantitative estimate of drug-likeness (QED) is 0.163. The maximum Gasteiger partial charge on any atom is 0.416 e. The molecule has 1 fully saturated rings. The number of carbonyl (C=O) groups excluding carboxylic acids is 1. The van der Waals surface area contributed by atoms with E-state index in [0.29, 0.717) is 47.1 Å². The highest BCUT2D eigenvalue weighted by molar-refractivity contribution is 6.30. The molecule has 1 aliphatic rings. The second-order valence-corrected chi connectivity index (χ2v) is 11.3. The van der Waals surface area contributed by atoms with Gasteiger partial charge in [-0.2, -0.15) is 23.1 Å². The largest absolute Gasteiger partial charge is 0.416 e. The zero-order valence-corrected chi connectivity index (χ0v) is 24.3. The van der Waals surface area contributed by atoms with Crippen LogP contribution in [0.2, 0.25) is 5.02 Å². The molecule has 1 atom stereocenters. The van der Waals surface area contributed by atoms with Gasteiger partial charge in [0, 0.05) is 36.6 Å². The number of amides is 1. The van der Waals surface area contributed by atoms with Gasteiger partial charge in [-0.25, -0.2) is 0 Å². The van der Waals surface area contributed by atoms with Crippen LogP contribution in [0.3, 0.4) is 0 Å². The average Bonchev–Trinajstić information content (AvgIpc) is 3.54. The van der Waals surface area contributed by atoms with Gasteiger partial charge >= 0.3 is 6.18 Å². The van der Waals surface area contributed by atoms with Gasteiger partial charge in [-0.1, -0.05) is 68.0 Å². The van der Waals surface area contributed by atoms with Crippen molar-refractivity contribution < 1.29 is 18.0 Å². The van der Waals surface area contributed by atoms with Gasteiger partial charge in [0.25, 0.3) is 0 Å². The van der Waals surface area contributed by atoms with Crippen LogP contribution in [0.15, 0.2) is 79.1 Å². The topological polar surface area (TPSA) is 83.9 Å². The molecule has 1 aliphatic carbocycles. The molecule has 0 bridgehead atoms. The summed E-state index contributed by atoms with van der Waals surface area (Å²) in [6.07, 6.45) is 5.48. The Morgan fingerprint density at radius 1 is 0.930 bits per heavy atom. The van der Waals surface area contributed by atoms with Crippen LogP contribution in [-0.4, -0.2) is 26.5 Å². The van der Waals surface area contributed by atoms with Crippen molar-refractivity contribution in [3.63, 3.8) is 0 Å². The van der Waals surface area contributed by atoms with E-state index in [1.165, 1.54) is 18.6 Å². The standard InChI is InChI=1S/C32H34ClF3N6O/c33-26-10-6-9-24(17-26)21-37-28-19-29(42-15-4-5-16-42)41-31(40-28)39-27(18-22-7-2-1-3-8-22)30(43)38-20-23-11-13-25(14-12-23)32(34,35)36/h4-6,9-17,19,22,27H,1-3,7-8,18,20-21H2,(H,38,43)(H2,37,39,40,41)/t27-/m1/s1. The van der Waals surface area contributed by atoms with Crippen molar-refractivity contribution in [2.24, 2.45) is 5.92 Å². The molecule has 43 heavy (non-hydrogen) atoms. The molecule has 2 aromatic carbocycles. The summed E-state index contributed by atoms with van der Waals surface area (Å²) in [7, 11) is 0. The maximum absolute atomic E-state index is 13.5. The van der Waals surface area contributed by atoms with Crippen molar-refractivity contribution in [2.75, 3.05) is 10.6 Å². The lowest BCUT2D eigenvalue weighted by Crippen LogP contribution is -2.41. The monoisotopic (exact) mass is 610 g/mol. The molecule has 0 unspecified atom stereocenters. The molecule has 7 nitrogen and oxygen atoms in total. The molecule has 0 spiro atoms. The Morgan fingerprint density at radius 2 is 1.67 bits per heavy atom. The van der Waals surface area contributed by atoms with Crippen LogP contribution >= 0.6 is 11.6 Å². The summed E-state index contributed by atoms with van der Waals surface area (Å²) in [5.41, 5.74) is 0.844. The van der Waals surface area contributed by atoms with Crippen LogP contribution in [0.4, 0.5) is 24.9 Å². The predicted octanol–water partition coefficient (Wildman–Crippen LogP) is 7.62. The van der Waals surface area contributed by atoms with Crippen molar-refractivity contribution in [1.29, 1.82) is 0 Å². The second kappa shape index (κ2) is 13.9. The molecule has 3 N–H and O–H groups in total. The van der Waals surface area contributed by atoms with E-state index in [4.69, 9.17) is 16.6 Å². The molecule has 0 radical (unpaired) electrons. The Bertz CT molecular complexity index is 1490. The minimum atomic E-state index is -4.41. The number of carbonyl (C=O) groups is 1. The van der Waals surface area contributed by atoms with E-state index in [1.54, 1.807) is 0 Å². The Kier molecular flexibility index (Phi) is 9.86. The number of nitrogens with one attached hydrogen (secondary N) is 3. The molecule has 11 heteroatoms. The number of halogens is 4. The molecule has 5 rings (SSSR count). The smallest absolute Gasteiger partial charge is 0.366 e. The van der Waals surface area contributed by atoms with E-state index < -0.39 is 17.8 Å². The first-order chi connectivity index (χ1) is 20.7. The van der Waals surface area contributed by atoms with E-state index in [9.17, 15) is 18.0 Å². The molecule has 1 saturated carbocycles. The number of rotatable bonds is 11. The van der Waals surface area contributed by atoms with Crippen molar-refractivity contribution in [2.45, 2.75) is 63.8 Å². The van der Waals surface area contributed by atoms with Crippen LogP contribution in [0.25, 0.3) is 5.82 Å². The van der Waals surface area contributed by atoms with Crippen molar-refractivity contribution in [3.05, 3.63) is 101 Å². The van der Waals surface area contributed by atoms with Gasteiger partial charge in [0.2, 0.25) is 11.9 Å². The normalized spacial score (nSPS) is 14.7. The first kappa shape index (κ1) is 30.4. The van der Waals surface area contributed by atoms with Crippen molar-refractivity contribution in [1.82, 2.24) is 19.9 Å². The lowest BCUT2D eigenvalue weighted by Gasteiger charge is -2.27. The highest BCUT2D eigenvalue weighted by Gasteiger charge is 2.30. The highest BCUT2D eigenvalue weighted by Crippen LogP contribution is 2.30. The fourth-order valence-electron chi connectivity index (χ4n) is 5.32. The first-order valence-electron chi connectivity index (χ1n) is 14.4. The molecule has 4 aromatic rings. The van der Waals surface area contributed by atoms with Gasteiger partial charge in [0.15, 0.2) is 0 Å². The third kappa shape index (κ3) is 8.73. The lowest BCUT2D eigenvalue weighted by atomic mass is 9.84. The molecular formula is C32H34ClF3N6O. The van der Waals surface area contributed by atoms with Crippen LogP contribution < -0.4 is 16.0 Å². The average molecular weight is 611 g/mol. The van der Waals surface area contributed by atoms with E-state index in [-0.39, 0.29) is 12.5 Å². The van der Waals surface area contributed by atoms with Gasteiger partial charge in [0.1, 0.15) is 17.7 Å². The summed E-state index contributed by atoms with van der Waals surface area (Å²) in [6, 6.07) is 17.4. The van der Waals surface area contributed by atoms with Gasteiger partial charge < -0.3 is 20.5 Å². The lowest BCUT2D eigenvalue weighted by molar-refractivity contribution is -0.137. The van der Waals surface area contributed by atoms with E-state index in [0.717, 1.165) is 43.4 Å². The molecule has 0 aliphatic heterocycles. The molecular weight excluding hydrogens is 577 g/mol. The summed E-state index contributed by atoms with van der Waals surface area (Å²) in [6.45, 7) is 0.595. The summed E-state index contributed by atoms with van der Waals surface area (Å²) < 4.78 is 40.8. The number of hydrogen-bond acceptors (Lipinski definition) is 5. The summed E-state index contributed by atoms with van der Waals surface area (Å²) in [5.74, 6) is 1.61. The fourth-order valence-corrected chi connectivity index (χ4v) is 5.53. The fraction of sp³-hybridized carbons (Fsp3) is 0.344. The first-order valence-corrected chi connectivity index (χ1v) is 14.8. The highest BCUT2D eigenvalue weighted by atomic mass is 35.5. The molecule has 0 saturated heterocycles. The number of nitrogens with zero attached hydrogens (tertiary/aromatic N) is 3. The van der Waals surface area contributed by atoms with Crippen LogP contribution in [0.1, 0.15) is 55.2 Å². The van der Waals surface area contributed by atoms with Gasteiger partial charge in [0.05, 0.1) is 5.56 Å². The summed E-state index contributed by atoms with van der Waals surface area (Å²) in [4.78, 5) is 22.9. The number of anilines is 2. The van der Waals surface area contributed by atoms with Gasteiger partial charge in [-0.15, -0.1) is 0 Å². The van der Waals surface area contributed by atoms with Crippen molar-refractivity contribution in [3.8, 4) is 5.82 Å². The Morgan fingerprint density at radius 3 is 2.37 bits per heavy atom. The zero-order chi connectivity index (χ0) is 30.2. The summed E-state index contributed by atoms with van der Waals surface area (Å²) in [5, 5.41) is 10.2. The molecule has 2 aromatic heterocycles. The molecule has 226 valence electrons. The summed E-state index contributed by atoms with van der Waals surface area (Å²) >= 11 is 6.15. The minimum Gasteiger partial charge on any atom is -0.366 e. The van der Waals surface area contributed by atoms with Crippen molar-refractivity contribution >= 4 is 29.3 Å². The molecule has 2 heterocycles. The van der Waals surface area contributed by atoms with E-state index in [1.807, 2.05) is 59.4 Å². The minimum absolute atomic E-state index is 0.108. The second-order valence-electron chi connectivity index (χ2n) is 10.9. The number of aromatic nitrogens is 3. The van der Waals surface area contributed by atoms with Crippen LogP contribution in [-0.2, 0) is 24.1 Å². The van der Waals surface area contributed by atoms with E-state index in [2.05, 4.69) is 20.9 Å². The number of hydrogen-bond donors (Lipinski definition) is 3. The third-order valence-corrected chi connectivity index (χ3v) is 7.84. The predicted molar refractivity (Wildman–Crippen MR) is 162 cm³/mol. The Hall–Kier alpha value is -4.05. The third-order valence-electron chi connectivity index (χ3n) is 7.61. The molecule has 1 amide bonds. The number of alkyl halides is 3. The maximum atomic E-state index is 13.5. The van der Waals surface area contributed by atoms with Crippen LogP contribution in [0, 0.1) is 5.92 Å². The SMILES string of the molecule is O=C(NCc1ccc(C(F)(F)F)cc1)[C@@H](CC1CCCCC1)Nc1nc(NCc2cccc(Cl)c2)cc(-n2cccc2)n1. The Balaban J connectivity index is 1.34. The Labute approximate surface area is 253 Å². The van der Waals surface area contributed by atoms with Gasteiger partial charge in [-0.3, -0.25) is 4.79 Å². The van der Waals surface area contributed by atoms with Gasteiger partial charge in [-0.05, 0) is 59.9 Å². The van der Waals surface area contributed by atoms with Crippen LogP contribution in [0.5, 0.6) is 0 Å².